The van der Waals surface area contributed by atoms with Gasteiger partial charge in [0.25, 0.3) is 0 Å². The minimum absolute atomic E-state index is 0.0819. The van der Waals surface area contributed by atoms with E-state index in [1.807, 2.05) is 38.1 Å². The Kier molecular flexibility index (Phi) is 7.79. The van der Waals surface area contributed by atoms with Gasteiger partial charge in [-0.05, 0) is 36.5 Å². The average Bonchev–Trinajstić information content (AvgIpc) is 2.49. The van der Waals surface area contributed by atoms with Crippen LogP contribution in [0.4, 0.5) is 0 Å². The second-order valence-electron chi connectivity index (χ2n) is 5.47. The van der Waals surface area contributed by atoms with Crippen LogP contribution in [0.15, 0.2) is 24.3 Å². The highest BCUT2D eigenvalue weighted by atomic mass is 16.5. The monoisotopic (exact) mass is 293 g/mol. The third kappa shape index (κ3) is 6.60. The molecule has 1 rings (SSSR count). The van der Waals surface area contributed by atoms with Gasteiger partial charge in [-0.1, -0.05) is 26.0 Å². The van der Waals surface area contributed by atoms with Crippen LogP contribution >= 0.6 is 0 Å². The lowest BCUT2D eigenvalue weighted by Gasteiger charge is -2.15. The Hall–Kier alpha value is -1.59. The summed E-state index contributed by atoms with van der Waals surface area (Å²) < 4.78 is 5.65. The molecule has 5 heteroatoms. The van der Waals surface area contributed by atoms with Gasteiger partial charge < -0.3 is 21.5 Å². The molecule has 0 saturated carbocycles. The van der Waals surface area contributed by atoms with E-state index in [0.29, 0.717) is 19.7 Å². The first-order valence-corrected chi connectivity index (χ1v) is 7.49. The maximum Gasteiger partial charge on any atom is 0.237 e. The molecule has 0 spiro atoms. The molecule has 0 aromatic heterocycles. The van der Waals surface area contributed by atoms with Crippen LogP contribution < -0.4 is 21.5 Å². The zero-order valence-electron chi connectivity index (χ0n) is 13.0. The summed E-state index contributed by atoms with van der Waals surface area (Å²) in [4.78, 5) is 11.6. The molecule has 0 aliphatic rings. The van der Waals surface area contributed by atoms with Crippen LogP contribution in [0.1, 0.15) is 32.3 Å². The van der Waals surface area contributed by atoms with Gasteiger partial charge in [-0.25, -0.2) is 0 Å². The molecule has 0 radical (unpaired) electrons. The highest BCUT2D eigenvalue weighted by Gasteiger charge is 2.15. The smallest absolute Gasteiger partial charge is 0.237 e. The van der Waals surface area contributed by atoms with Gasteiger partial charge in [-0.15, -0.1) is 0 Å². The van der Waals surface area contributed by atoms with Gasteiger partial charge in [0.15, 0.2) is 0 Å². The van der Waals surface area contributed by atoms with Crippen molar-refractivity contribution in [3.05, 3.63) is 29.8 Å². The Bertz CT molecular complexity index is 435. The van der Waals surface area contributed by atoms with Crippen molar-refractivity contribution in [2.75, 3.05) is 13.2 Å². The molecule has 1 amide bonds. The topological polar surface area (TPSA) is 90.4 Å². The number of rotatable bonds is 9. The number of carbonyl (C=O) groups excluding carboxylic acids is 1. The van der Waals surface area contributed by atoms with Crippen molar-refractivity contribution in [1.29, 1.82) is 0 Å². The number of amides is 1. The Morgan fingerprint density at radius 1 is 1.33 bits per heavy atom. The first kappa shape index (κ1) is 17.5. The SMILES string of the molecule is CC(C)[C@H](N)C(=O)NCCCCOc1cccc(CN)c1. The van der Waals surface area contributed by atoms with E-state index in [2.05, 4.69) is 5.32 Å². The van der Waals surface area contributed by atoms with Gasteiger partial charge in [0.1, 0.15) is 5.75 Å². The second kappa shape index (κ2) is 9.37. The van der Waals surface area contributed by atoms with Crippen molar-refractivity contribution >= 4 is 5.91 Å². The van der Waals surface area contributed by atoms with Crippen LogP contribution in [-0.4, -0.2) is 25.1 Å². The summed E-state index contributed by atoms with van der Waals surface area (Å²) in [5.74, 6) is 0.911. The van der Waals surface area contributed by atoms with Crippen LogP contribution in [0.25, 0.3) is 0 Å². The lowest BCUT2D eigenvalue weighted by atomic mass is 10.1. The van der Waals surface area contributed by atoms with Crippen molar-refractivity contribution in [2.45, 2.75) is 39.3 Å². The molecule has 0 aliphatic heterocycles. The van der Waals surface area contributed by atoms with Gasteiger partial charge in [-0.3, -0.25) is 4.79 Å². The molecular formula is C16H27N3O2. The van der Waals surface area contributed by atoms with Crippen LogP contribution in [-0.2, 0) is 11.3 Å². The van der Waals surface area contributed by atoms with Crippen molar-refractivity contribution in [2.24, 2.45) is 17.4 Å². The normalized spacial score (nSPS) is 12.2. The molecule has 5 N–H and O–H groups in total. The van der Waals surface area contributed by atoms with Crippen LogP contribution in [0, 0.1) is 5.92 Å². The fraction of sp³-hybridized carbons (Fsp3) is 0.562. The van der Waals surface area contributed by atoms with Gasteiger partial charge in [0, 0.05) is 13.1 Å². The predicted molar refractivity (Wildman–Crippen MR) is 84.9 cm³/mol. The molecule has 21 heavy (non-hydrogen) atoms. The highest BCUT2D eigenvalue weighted by molar-refractivity contribution is 5.81. The Balaban J connectivity index is 2.13. The molecule has 118 valence electrons. The van der Waals surface area contributed by atoms with E-state index < -0.39 is 6.04 Å². The molecule has 0 heterocycles. The number of nitrogens with one attached hydrogen (secondary N) is 1. The zero-order valence-corrected chi connectivity index (χ0v) is 13.0. The zero-order chi connectivity index (χ0) is 15.7. The second-order valence-corrected chi connectivity index (χ2v) is 5.47. The summed E-state index contributed by atoms with van der Waals surface area (Å²) in [5, 5.41) is 2.84. The average molecular weight is 293 g/mol. The summed E-state index contributed by atoms with van der Waals surface area (Å²) in [6, 6.07) is 7.34. The lowest BCUT2D eigenvalue weighted by molar-refractivity contribution is -0.123. The third-order valence-corrected chi connectivity index (χ3v) is 3.29. The summed E-state index contributed by atoms with van der Waals surface area (Å²) in [5.41, 5.74) is 12.4. The fourth-order valence-corrected chi connectivity index (χ4v) is 1.81. The van der Waals surface area contributed by atoms with E-state index in [-0.39, 0.29) is 11.8 Å². The number of nitrogens with two attached hydrogens (primary N) is 2. The number of carbonyl (C=O) groups is 1. The van der Waals surface area contributed by atoms with Crippen molar-refractivity contribution in [3.8, 4) is 5.75 Å². The van der Waals surface area contributed by atoms with Crippen LogP contribution in [0.3, 0.4) is 0 Å². The molecule has 1 aromatic rings. The largest absolute Gasteiger partial charge is 0.494 e. The van der Waals surface area contributed by atoms with Gasteiger partial charge in [0.2, 0.25) is 5.91 Å². The fourth-order valence-electron chi connectivity index (χ4n) is 1.81. The molecular weight excluding hydrogens is 266 g/mol. The summed E-state index contributed by atoms with van der Waals surface area (Å²) in [6.07, 6.45) is 1.75. The van der Waals surface area contributed by atoms with Crippen molar-refractivity contribution in [1.82, 2.24) is 5.32 Å². The molecule has 0 fully saturated rings. The van der Waals surface area contributed by atoms with E-state index in [0.717, 1.165) is 24.2 Å². The minimum atomic E-state index is -0.430. The number of ether oxygens (including phenoxy) is 1. The van der Waals surface area contributed by atoms with E-state index in [1.165, 1.54) is 0 Å². The molecule has 5 nitrogen and oxygen atoms in total. The van der Waals surface area contributed by atoms with E-state index in [1.54, 1.807) is 0 Å². The van der Waals surface area contributed by atoms with Gasteiger partial charge in [0.05, 0.1) is 12.6 Å². The number of benzene rings is 1. The number of hydrogen-bond acceptors (Lipinski definition) is 4. The van der Waals surface area contributed by atoms with Crippen LogP contribution in [0.5, 0.6) is 5.75 Å². The van der Waals surface area contributed by atoms with Crippen LogP contribution in [0.2, 0.25) is 0 Å². The van der Waals surface area contributed by atoms with Gasteiger partial charge in [-0.2, -0.15) is 0 Å². The Morgan fingerprint density at radius 2 is 2.10 bits per heavy atom. The maximum absolute atomic E-state index is 11.6. The summed E-state index contributed by atoms with van der Waals surface area (Å²) >= 11 is 0. The quantitative estimate of drug-likeness (QED) is 0.600. The third-order valence-electron chi connectivity index (χ3n) is 3.29. The molecule has 0 unspecified atom stereocenters. The molecule has 1 atom stereocenters. The summed E-state index contributed by atoms with van der Waals surface area (Å²) in [6.45, 7) is 5.64. The predicted octanol–water partition coefficient (Wildman–Crippen LogP) is 1.40. The Labute approximate surface area is 127 Å². The van der Waals surface area contributed by atoms with E-state index in [9.17, 15) is 4.79 Å². The molecule has 0 saturated heterocycles. The minimum Gasteiger partial charge on any atom is -0.494 e. The molecule has 1 aromatic carbocycles. The first-order chi connectivity index (χ1) is 10.0. The van der Waals surface area contributed by atoms with E-state index in [4.69, 9.17) is 16.2 Å². The highest BCUT2D eigenvalue weighted by Crippen LogP contribution is 2.13. The number of unbranched alkanes of at least 4 members (excludes halogenated alkanes) is 1. The van der Waals surface area contributed by atoms with E-state index >= 15 is 0 Å². The van der Waals surface area contributed by atoms with Crippen molar-refractivity contribution in [3.63, 3.8) is 0 Å². The number of hydrogen-bond donors (Lipinski definition) is 3. The molecule has 0 bridgehead atoms. The van der Waals surface area contributed by atoms with Gasteiger partial charge >= 0.3 is 0 Å². The Morgan fingerprint density at radius 3 is 2.76 bits per heavy atom. The first-order valence-electron chi connectivity index (χ1n) is 7.49. The molecule has 0 aliphatic carbocycles. The lowest BCUT2D eigenvalue weighted by Crippen LogP contribution is -2.44. The summed E-state index contributed by atoms with van der Waals surface area (Å²) in [7, 11) is 0. The van der Waals surface area contributed by atoms with Crippen molar-refractivity contribution < 1.29 is 9.53 Å². The maximum atomic E-state index is 11.6. The standard InChI is InChI=1S/C16H27N3O2/c1-12(2)15(18)16(20)19-8-3-4-9-21-14-7-5-6-13(10-14)11-17/h5-7,10,12,15H,3-4,8-9,11,17-18H2,1-2H3,(H,19,20)/t15-/m0/s1.